The average molecular weight is 333 g/mol. The van der Waals surface area contributed by atoms with Crippen LogP contribution in [0.15, 0.2) is 24.3 Å². The first-order chi connectivity index (χ1) is 11.4. The Kier molecular flexibility index (Phi) is 6.78. The van der Waals surface area contributed by atoms with E-state index in [2.05, 4.69) is 41.4 Å². The predicted molar refractivity (Wildman–Crippen MR) is 96.8 cm³/mol. The van der Waals surface area contributed by atoms with Gasteiger partial charge in [-0.3, -0.25) is 9.69 Å². The summed E-state index contributed by atoms with van der Waals surface area (Å²) in [5.74, 6) is -0.0738. The Morgan fingerprint density at radius 1 is 1.42 bits per heavy atom. The van der Waals surface area contributed by atoms with Crippen molar-refractivity contribution < 1.29 is 9.53 Å². The van der Waals surface area contributed by atoms with Gasteiger partial charge in [-0.1, -0.05) is 43.2 Å². The van der Waals surface area contributed by atoms with Gasteiger partial charge < -0.3 is 15.8 Å². The summed E-state index contributed by atoms with van der Waals surface area (Å²) in [5, 5.41) is 3.08. The molecule has 0 radical (unpaired) electrons. The molecule has 3 N–H and O–H groups in total. The van der Waals surface area contributed by atoms with E-state index in [0.717, 1.165) is 32.7 Å². The van der Waals surface area contributed by atoms with Gasteiger partial charge in [0, 0.05) is 19.6 Å². The quantitative estimate of drug-likeness (QED) is 0.801. The zero-order valence-electron chi connectivity index (χ0n) is 15.2. The van der Waals surface area contributed by atoms with Crippen LogP contribution in [-0.4, -0.2) is 49.2 Å². The molecular formula is C19H31N3O2. The highest BCUT2D eigenvalue weighted by molar-refractivity contribution is 5.85. The van der Waals surface area contributed by atoms with Crippen molar-refractivity contribution in [3.63, 3.8) is 0 Å². The second kappa shape index (κ2) is 8.60. The third kappa shape index (κ3) is 5.03. The summed E-state index contributed by atoms with van der Waals surface area (Å²) in [6.45, 7) is 9.74. The Labute approximate surface area is 145 Å². The van der Waals surface area contributed by atoms with Crippen molar-refractivity contribution >= 4 is 5.91 Å². The van der Waals surface area contributed by atoms with Crippen LogP contribution >= 0.6 is 0 Å². The van der Waals surface area contributed by atoms with Gasteiger partial charge in [-0.15, -0.1) is 0 Å². The Hall–Kier alpha value is -1.43. The van der Waals surface area contributed by atoms with Gasteiger partial charge in [-0.2, -0.15) is 0 Å². The number of benzene rings is 1. The third-order valence-electron chi connectivity index (χ3n) is 4.66. The minimum Gasteiger partial charge on any atom is -0.379 e. The highest BCUT2D eigenvalue weighted by atomic mass is 16.5. The number of nitrogens with one attached hydrogen (secondary N) is 1. The van der Waals surface area contributed by atoms with Crippen molar-refractivity contribution in [1.29, 1.82) is 0 Å². The summed E-state index contributed by atoms with van der Waals surface area (Å²) in [5.41, 5.74) is 7.80. The van der Waals surface area contributed by atoms with Crippen LogP contribution in [0.25, 0.3) is 0 Å². The smallest absolute Gasteiger partial charge is 0.239 e. The fourth-order valence-corrected chi connectivity index (χ4v) is 3.25. The molecule has 1 aliphatic heterocycles. The number of hydrogen-bond acceptors (Lipinski definition) is 4. The summed E-state index contributed by atoms with van der Waals surface area (Å²) in [4.78, 5) is 14.8. The maximum absolute atomic E-state index is 12.5. The Balaban J connectivity index is 2.10. The normalized spacial score (nSPS) is 19.5. The topological polar surface area (TPSA) is 67.6 Å². The Morgan fingerprint density at radius 2 is 2.12 bits per heavy atom. The molecular weight excluding hydrogens is 302 g/mol. The number of carbonyl (C=O) groups excluding carboxylic acids is 1. The van der Waals surface area contributed by atoms with Crippen LogP contribution < -0.4 is 11.1 Å². The van der Waals surface area contributed by atoms with E-state index in [1.807, 2.05) is 13.8 Å². The van der Waals surface area contributed by atoms with Gasteiger partial charge in [0.2, 0.25) is 5.91 Å². The average Bonchev–Trinajstić information content (AvgIpc) is 2.56. The van der Waals surface area contributed by atoms with E-state index in [-0.39, 0.29) is 11.9 Å². The molecule has 0 saturated carbocycles. The van der Waals surface area contributed by atoms with Crippen LogP contribution in [0.1, 0.15) is 43.9 Å². The third-order valence-corrected chi connectivity index (χ3v) is 4.66. The predicted octanol–water partition coefficient (Wildman–Crippen LogP) is 2.00. The Bertz CT molecular complexity index is 539. The lowest BCUT2D eigenvalue weighted by Gasteiger charge is -2.35. The van der Waals surface area contributed by atoms with E-state index >= 15 is 0 Å². The van der Waals surface area contributed by atoms with Crippen LogP contribution in [0, 0.1) is 6.92 Å². The van der Waals surface area contributed by atoms with E-state index in [1.165, 1.54) is 11.1 Å². The Morgan fingerprint density at radius 3 is 2.75 bits per heavy atom. The maximum Gasteiger partial charge on any atom is 0.239 e. The standard InChI is InChI=1S/C19H31N3O2/c1-4-8-19(3,20)18(23)21-14-17(22-9-11-24-12-10-22)16-7-5-6-15(2)13-16/h5-7,13,17H,4,8-12,14,20H2,1-3H3,(H,21,23). The molecule has 134 valence electrons. The SMILES string of the molecule is CCCC(C)(N)C(=O)NCC(c1cccc(C)c1)N1CCOCC1. The van der Waals surface area contributed by atoms with E-state index in [4.69, 9.17) is 10.5 Å². The highest BCUT2D eigenvalue weighted by Gasteiger charge is 2.29. The van der Waals surface area contributed by atoms with Gasteiger partial charge in [0.25, 0.3) is 0 Å². The molecule has 1 aliphatic rings. The molecule has 0 bridgehead atoms. The molecule has 1 fully saturated rings. The molecule has 1 heterocycles. The lowest BCUT2D eigenvalue weighted by atomic mass is 9.96. The second-order valence-electron chi connectivity index (χ2n) is 6.96. The van der Waals surface area contributed by atoms with Gasteiger partial charge in [-0.25, -0.2) is 0 Å². The van der Waals surface area contributed by atoms with E-state index < -0.39 is 5.54 Å². The number of ether oxygens (including phenoxy) is 1. The number of nitrogens with zero attached hydrogens (tertiary/aromatic N) is 1. The fraction of sp³-hybridized carbons (Fsp3) is 0.632. The van der Waals surface area contributed by atoms with Crippen LogP contribution in [0.5, 0.6) is 0 Å². The molecule has 1 amide bonds. The van der Waals surface area contributed by atoms with Crippen LogP contribution in [0.3, 0.4) is 0 Å². The minimum absolute atomic E-state index is 0.0738. The van der Waals surface area contributed by atoms with Gasteiger partial charge in [-0.05, 0) is 25.8 Å². The zero-order chi connectivity index (χ0) is 17.6. The lowest BCUT2D eigenvalue weighted by Crippen LogP contribution is -2.53. The first-order valence-corrected chi connectivity index (χ1v) is 8.89. The largest absolute Gasteiger partial charge is 0.379 e. The number of amides is 1. The minimum atomic E-state index is -0.809. The molecule has 5 heteroatoms. The first-order valence-electron chi connectivity index (χ1n) is 8.89. The first kappa shape index (κ1) is 18.9. The number of rotatable bonds is 7. The van der Waals surface area contributed by atoms with Crippen molar-refractivity contribution in [2.75, 3.05) is 32.8 Å². The highest BCUT2D eigenvalue weighted by Crippen LogP contribution is 2.22. The van der Waals surface area contributed by atoms with Gasteiger partial charge in [0.1, 0.15) is 0 Å². The molecule has 1 aromatic rings. The van der Waals surface area contributed by atoms with E-state index in [1.54, 1.807) is 0 Å². The van der Waals surface area contributed by atoms with E-state index in [9.17, 15) is 4.79 Å². The van der Waals surface area contributed by atoms with Crippen LogP contribution in [0.4, 0.5) is 0 Å². The van der Waals surface area contributed by atoms with Crippen molar-refractivity contribution in [1.82, 2.24) is 10.2 Å². The molecule has 2 rings (SSSR count). The molecule has 1 aromatic carbocycles. The van der Waals surface area contributed by atoms with Crippen molar-refractivity contribution in [2.24, 2.45) is 5.73 Å². The molecule has 5 nitrogen and oxygen atoms in total. The van der Waals surface area contributed by atoms with Crippen LogP contribution in [0.2, 0.25) is 0 Å². The molecule has 2 unspecified atom stereocenters. The summed E-state index contributed by atoms with van der Waals surface area (Å²) in [6, 6.07) is 8.64. The number of aryl methyl sites for hydroxylation is 1. The lowest BCUT2D eigenvalue weighted by molar-refractivity contribution is -0.126. The number of hydrogen-bond donors (Lipinski definition) is 2. The van der Waals surface area contributed by atoms with Gasteiger partial charge >= 0.3 is 0 Å². The summed E-state index contributed by atoms with van der Waals surface area (Å²) >= 11 is 0. The fourth-order valence-electron chi connectivity index (χ4n) is 3.25. The van der Waals surface area contributed by atoms with Crippen molar-refractivity contribution in [2.45, 2.75) is 45.2 Å². The molecule has 0 aliphatic carbocycles. The van der Waals surface area contributed by atoms with Crippen LogP contribution in [-0.2, 0) is 9.53 Å². The summed E-state index contributed by atoms with van der Waals surface area (Å²) < 4.78 is 5.47. The number of nitrogens with two attached hydrogens (primary N) is 1. The molecule has 0 aromatic heterocycles. The molecule has 0 spiro atoms. The molecule has 24 heavy (non-hydrogen) atoms. The number of carbonyl (C=O) groups is 1. The molecule has 1 saturated heterocycles. The summed E-state index contributed by atoms with van der Waals surface area (Å²) in [7, 11) is 0. The molecule has 2 atom stereocenters. The van der Waals surface area contributed by atoms with E-state index in [0.29, 0.717) is 13.0 Å². The second-order valence-corrected chi connectivity index (χ2v) is 6.96. The van der Waals surface area contributed by atoms with Gasteiger partial charge in [0.05, 0.1) is 24.8 Å². The van der Waals surface area contributed by atoms with Gasteiger partial charge in [0.15, 0.2) is 0 Å². The summed E-state index contributed by atoms with van der Waals surface area (Å²) in [6.07, 6.45) is 1.58. The van der Waals surface area contributed by atoms with Crippen molar-refractivity contribution in [3.05, 3.63) is 35.4 Å². The monoisotopic (exact) mass is 333 g/mol. The zero-order valence-corrected chi connectivity index (χ0v) is 15.2. The number of morpholine rings is 1. The van der Waals surface area contributed by atoms with Crippen molar-refractivity contribution in [3.8, 4) is 0 Å². The maximum atomic E-state index is 12.5.